The van der Waals surface area contributed by atoms with Crippen LogP contribution in [0.15, 0.2) is 48.5 Å². The number of nitrogens with zero attached hydrogens (tertiary/aromatic N) is 1. The number of carbonyl (C=O) groups excluding carboxylic acids is 4. The molecule has 33 heavy (non-hydrogen) atoms. The molecule has 2 amide bonds. The normalized spacial score (nSPS) is 15.5. The van der Waals surface area contributed by atoms with Gasteiger partial charge in [0.25, 0.3) is 11.8 Å². The molecule has 5 aromatic carbocycles. The number of imide groups is 1. The number of aliphatic hydroxyl groups excluding tert-OH is 1. The van der Waals surface area contributed by atoms with Crippen LogP contribution in [0.5, 0.6) is 0 Å². The van der Waals surface area contributed by atoms with Gasteiger partial charge in [0.15, 0.2) is 0 Å². The highest BCUT2D eigenvalue weighted by molar-refractivity contribution is 6.40. The second kappa shape index (κ2) is 5.90. The monoisotopic (exact) mass is 435 g/mol. The first-order valence-corrected chi connectivity index (χ1v) is 10.4. The molecular weight excluding hydrogens is 422 g/mol. The summed E-state index contributed by atoms with van der Waals surface area (Å²) in [6.45, 7) is -0.382. The zero-order chi connectivity index (χ0) is 22.6. The molecule has 2 aliphatic heterocycles. The Balaban J connectivity index is 1.71. The topological polar surface area (TPSA) is 101 Å². The summed E-state index contributed by atoms with van der Waals surface area (Å²) in [5, 5.41) is 15.3. The van der Waals surface area contributed by atoms with Gasteiger partial charge in [-0.3, -0.25) is 14.5 Å². The number of ether oxygens (including phenoxy) is 1. The number of hydrogen-bond acceptors (Lipinski definition) is 6. The molecular formula is C26H13NO6. The molecule has 0 bridgehead atoms. The van der Waals surface area contributed by atoms with Gasteiger partial charge in [-0.25, -0.2) is 9.59 Å². The third kappa shape index (κ3) is 2.03. The van der Waals surface area contributed by atoms with E-state index < -0.39 is 23.8 Å². The molecule has 0 unspecified atom stereocenters. The van der Waals surface area contributed by atoms with Crippen molar-refractivity contribution in [3.8, 4) is 0 Å². The molecule has 5 aromatic rings. The van der Waals surface area contributed by atoms with Crippen LogP contribution < -0.4 is 0 Å². The summed E-state index contributed by atoms with van der Waals surface area (Å²) in [6.07, 6.45) is 0. The molecule has 158 valence electrons. The molecule has 0 spiro atoms. The summed E-state index contributed by atoms with van der Waals surface area (Å²) in [5.41, 5.74) is 1.49. The van der Waals surface area contributed by atoms with E-state index in [1.54, 1.807) is 24.3 Å². The Kier molecular flexibility index (Phi) is 3.26. The van der Waals surface area contributed by atoms with Crippen molar-refractivity contribution in [2.75, 3.05) is 13.2 Å². The largest absolute Gasteiger partial charge is 0.395 e. The molecule has 7 rings (SSSR count). The average Bonchev–Trinajstić information content (AvgIpc) is 2.82. The number of β-amino-alcohol motifs (C(OH)–C–C–N with tert-alkyl or cyclic N) is 1. The zero-order valence-corrected chi connectivity index (χ0v) is 17.0. The van der Waals surface area contributed by atoms with Crippen molar-refractivity contribution >= 4 is 66.8 Å². The third-order valence-corrected chi connectivity index (χ3v) is 6.80. The minimum Gasteiger partial charge on any atom is -0.395 e. The molecule has 0 radical (unpaired) electrons. The highest BCUT2D eigenvalue weighted by Gasteiger charge is 2.35. The highest BCUT2D eigenvalue weighted by atomic mass is 16.6. The summed E-state index contributed by atoms with van der Waals surface area (Å²) in [5.74, 6) is -2.22. The molecule has 0 saturated carbocycles. The van der Waals surface area contributed by atoms with Gasteiger partial charge in [-0.1, -0.05) is 24.3 Å². The van der Waals surface area contributed by atoms with Crippen LogP contribution in [-0.4, -0.2) is 46.9 Å². The van der Waals surface area contributed by atoms with Crippen molar-refractivity contribution in [3.05, 3.63) is 70.8 Å². The van der Waals surface area contributed by atoms with Gasteiger partial charge in [-0.15, -0.1) is 0 Å². The summed E-state index contributed by atoms with van der Waals surface area (Å²) in [4.78, 5) is 52.0. The lowest BCUT2D eigenvalue weighted by molar-refractivity contribution is 0.0390. The van der Waals surface area contributed by atoms with E-state index in [0.29, 0.717) is 33.0 Å². The van der Waals surface area contributed by atoms with Gasteiger partial charge in [0, 0.05) is 21.9 Å². The van der Waals surface area contributed by atoms with Crippen LogP contribution in [-0.2, 0) is 4.74 Å². The van der Waals surface area contributed by atoms with Crippen LogP contribution >= 0.6 is 0 Å². The maximum absolute atomic E-state index is 13.1. The van der Waals surface area contributed by atoms with E-state index in [1.165, 1.54) is 0 Å². The molecule has 7 nitrogen and oxygen atoms in total. The quantitative estimate of drug-likeness (QED) is 0.149. The molecule has 0 fully saturated rings. The summed E-state index contributed by atoms with van der Waals surface area (Å²) in [7, 11) is 0. The number of aliphatic hydroxyl groups is 1. The minimum atomic E-state index is -0.674. The Morgan fingerprint density at radius 2 is 0.970 bits per heavy atom. The molecule has 2 aliphatic rings. The van der Waals surface area contributed by atoms with E-state index >= 15 is 0 Å². The first-order valence-electron chi connectivity index (χ1n) is 10.4. The van der Waals surface area contributed by atoms with E-state index in [9.17, 15) is 24.3 Å². The van der Waals surface area contributed by atoms with Gasteiger partial charge in [0.1, 0.15) is 0 Å². The Morgan fingerprint density at radius 1 is 0.576 bits per heavy atom. The number of fused-ring (bicyclic) bond motifs is 2. The van der Waals surface area contributed by atoms with Crippen LogP contribution in [0.2, 0.25) is 0 Å². The van der Waals surface area contributed by atoms with Gasteiger partial charge in [0.05, 0.1) is 24.3 Å². The Morgan fingerprint density at radius 3 is 1.39 bits per heavy atom. The first kappa shape index (κ1) is 18.2. The highest BCUT2D eigenvalue weighted by Crippen LogP contribution is 2.45. The molecule has 0 aromatic heterocycles. The number of amides is 2. The number of carbonyl (C=O) groups is 4. The van der Waals surface area contributed by atoms with Gasteiger partial charge in [0.2, 0.25) is 0 Å². The third-order valence-electron chi connectivity index (χ3n) is 6.80. The zero-order valence-electron chi connectivity index (χ0n) is 17.0. The average molecular weight is 435 g/mol. The van der Waals surface area contributed by atoms with Gasteiger partial charge < -0.3 is 9.84 Å². The van der Waals surface area contributed by atoms with E-state index in [4.69, 9.17) is 4.74 Å². The molecule has 0 aliphatic carbocycles. The number of hydrogen-bond donors (Lipinski definition) is 1. The van der Waals surface area contributed by atoms with Gasteiger partial charge >= 0.3 is 11.9 Å². The Hall–Kier alpha value is -4.36. The van der Waals surface area contributed by atoms with E-state index in [-0.39, 0.29) is 13.2 Å². The van der Waals surface area contributed by atoms with Crippen LogP contribution in [0.25, 0.3) is 43.1 Å². The van der Waals surface area contributed by atoms with E-state index in [1.807, 2.05) is 24.3 Å². The first-order chi connectivity index (χ1) is 16.0. The lowest BCUT2D eigenvalue weighted by Crippen LogP contribution is -2.41. The van der Waals surface area contributed by atoms with Crippen LogP contribution in [0.1, 0.15) is 41.4 Å². The van der Waals surface area contributed by atoms with Crippen molar-refractivity contribution in [2.45, 2.75) is 0 Å². The van der Waals surface area contributed by atoms with Crippen LogP contribution in [0, 0.1) is 0 Å². The number of benzene rings is 5. The van der Waals surface area contributed by atoms with Crippen molar-refractivity contribution in [1.82, 2.24) is 4.90 Å². The van der Waals surface area contributed by atoms with Crippen LogP contribution in [0.3, 0.4) is 0 Å². The molecule has 7 heteroatoms. The molecule has 0 atom stereocenters. The van der Waals surface area contributed by atoms with E-state index in [2.05, 4.69) is 0 Å². The fraction of sp³-hybridized carbons (Fsp3) is 0.0769. The summed E-state index contributed by atoms with van der Waals surface area (Å²) < 4.78 is 4.89. The predicted molar refractivity (Wildman–Crippen MR) is 120 cm³/mol. The number of rotatable bonds is 2. The predicted octanol–water partition coefficient (Wildman–Crippen LogP) is 3.64. The maximum atomic E-state index is 13.1. The smallest absolute Gasteiger partial charge is 0.346 e. The van der Waals surface area contributed by atoms with Crippen LogP contribution in [0.4, 0.5) is 0 Å². The molecule has 0 saturated heterocycles. The Labute approximate surface area is 185 Å². The van der Waals surface area contributed by atoms with Crippen molar-refractivity contribution in [2.24, 2.45) is 0 Å². The van der Waals surface area contributed by atoms with E-state index in [0.717, 1.165) is 37.2 Å². The molecule has 1 N–H and O–H groups in total. The fourth-order valence-corrected chi connectivity index (χ4v) is 5.47. The van der Waals surface area contributed by atoms with Gasteiger partial charge in [-0.2, -0.15) is 0 Å². The maximum Gasteiger partial charge on any atom is 0.346 e. The minimum absolute atomic E-state index is 0.0695. The number of cyclic esters (lactones) is 2. The lowest BCUT2D eigenvalue weighted by Gasteiger charge is -2.28. The lowest BCUT2D eigenvalue weighted by atomic mass is 9.83. The van der Waals surface area contributed by atoms with Gasteiger partial charge in [-0.05, 0) is 56.6 Å². The number of esters is 2. The van der Waals surface area contributed by atoms with Crippen molar-refractivity contribution in [3.63, 3.8) is 0 Å². The second-order valence-electron chi connectivity index (χ2n) is 8.31. The van der Waals surface area contributed by atoms with Crippen molar-refractivity contribution in [1.29, 1.82) is 0 Å². The molecule has 2 heterocycles. The standard InChI is InChI=1S/C26H13NO6/c28-10-9-27-23(29)15-5-1-11-13-3-7-17-22-18(26(32)33-25(17)31)8-4-14(20(13)22)12-2-6-16(24(27)30)21(15)19(11)12/h1-8,28H,9-10H2. The summed E-state index contributed by atoms with van der Waals surface area (Å²) in [6, 6.07) is 14.0. The second-order valence-corrected chi connectivity index (χ2v) is 8.31. The fourth-order valence-electron chi connectivity index (χ4n) is 5.47. The summed E-state index contributed by atoms with van der Waals surface area (Å²) >= 11 is 0. The van der Waals surface area contributed by atoms with Crippen molar-refractivity contribution < 1.29 is 29.0 Å². The Bertz CT molecular complexity index is 1670. The SMILES string of the molecule is O=C1OC(=O)c2ccc3c4ccc5c6c(ccc(c7ccc1c2c73)c64)C(=O)N(CCO)C5=O.